The van der Waals surface area contributed by atoms with Crippen LogP contribution in [-0.4, -0.2) is 56.7 Å². The van der Waals surface area contributed by atoms with Crippen molar-refractivity contribution in [3.63, 3.8) is 0 Å². The molecule has 2 aromatic carbocycles. The Hall–Kier alpha value is -3.89. The van der Waals surface area contributed by atoms with E-state index in [1.807, 2.05) is 18.2 Å². The van der Waals surface area contributed by atoms with Gasteiger partial charge in [-0.1, -0.05) is 18.2 Å². The lowest BCUT2D eigenvalue weighted by molar-refractivity contribution is -0.121. The van der Waals surface area contributed by atoms with Crippen molar-refractivity contribution in [2.75, 3.05) is 37.9 Å². The van der Waals surface area contributed by atoms with Gasteiger partial charge < -0.3 is 29.7 Å². The summed E-state index contributed by atoms with van der Waals surface area (Å²) < 4.78 is 39.8. The summed E-state index contributed by atoms with van der Waals surface area (Å²) in [7, 11) is 2.38. The summed E-state index contributed by atoms with van der Waals surface area (Å²) in [6.07, 6.45) is 0.774. The molecule has 1 aliphatic heterocycles. The van der Waals surface area contributed by atoms with Crippen molar-refractivity contribution in [2.45, 2.75) is 19.5 Å². The molecule has 0 spiro atoms. The van der Waals surface area contributed by atoms with E-state index in [-0.39, 0.29) is 28.8 Å². The second-order valence-electron chi connectivity index (χ2n) is 7.47. The number of nitrogens with zero attached hydrogens (tertiary/aromatic N) is 1. The zero-order valence-corrected chi connectivity index (χ0v) is 18.7. The minimum absolute atomic E-state index is 0.0439. The summed E-state index contributed by atoms with van der Waals surface area (Å²) >= 11 is 0. The zero-order chi connectivity index (χ0) is 24.7. The normalized spacial score (nSPS) is 13.9. The molecule has 0 radical (unpaired) electrons. The maximum atomic E-state index is 12.9. The number of amides is 3. The van der Waals surface area contributed by atoms with Gasteiger partial charge in [0.15, 0.2) is 11.5 Å². The number of para-hydroxylation sites is 1. The van der Waals surface area contributed by atoms with Crippen LogP contribution in [-0.2, 0) is 9.53 Å². The molecular weight excluding hydrogens is 452 g/mol. The Balaban J connectivity index is 1.68. The average Bonchev–Trinajstić information content (AvgIpc) is 2.84. The fourth-order valence-electron chi connectivity index (χ4n) is 3.59. The van der Waals surface area contributed by atoms with Crippen molar-refractivity contribution >= 4 is 29.3 Å². The van der Waals surface area contributed by atoms with Gasteiger partial charge in [-0.2, -0.15) is 8.78 Å². The van der Waals surface area contributed by atoms with E-state index < -0.39 is 24.4 Å². The van der Waals surface area contributed by atoms with Gasteiger partial charge in [0.05, 0.1) is 25.5 Å². The molecule has 2 N–H and O–H groups in total. The molecule has 1 aliphatic rings. The molecule has 0 atom stereocenters. The first-order chi connectivity index (χ1) is 16.3. The highest BCUT2D eigenvalue weighted by molar-refractivity contribution is 6.03. The summed E-state index contributed by atoms with van der Waals surface area (Å²) in [4.78, 5) is 39.1. The summed E-state index contributed by atoms with van der Waals surface area (Å²) in [5, 5.41) is 5.41. The minimum atomic E-state index is -3.13. The van der Waals surface area contributed by atoms with Gasteiger partial charge in [0.1, 0.15) is 0 Å². The largest absolute Gasteiger partial charge is 0.493 e. The molecule has 1 fully saturated rings. The number of anilines is 2. The Morgan fingerprint density at radius 2 is 1.68 bits per heavy atom. The van der Waals surface area contributed by atoms with Gasteiger partial charge in [0.2, 0.25) is 5.91 Å². The number of hydrogen-bond donors (Lipinski definition) is 2. The molecule has 1 saturated heterocycles. The van der Waals surface area contributed by atoms with E-state index in [0.29, 0.717) is 31.6 Å². The van der Waals surface area contributed by atoms with Crippen LogP contribution in [0, 0.1) is 5.92 Å². The first-order valence-electron chi connectivity index (χ1n) is 10.5. The monoisotopic (exact) mass is 477 g/mol. The van der Waals surface area contributed by atoms with Crippen LogP contribution in [0.3, 0.4) is 0 Å². The molecule has 3 amide bonds. The van der Waals surface area contributed by atoms with Crippen molar-refractivity contribution in [2.24, 2.45) is 5.92 Å². The topological polar surface area (TPSA) is 106 Å². The highest BCUT2D eigenvalue weighted by atomic mass is 19.3. The standard InChI is InChI=1S/C23H25F2N3O6/c1-32-18-12-16(21(30)33-2)17(13-19(18)34-22(24)25)27-20(29)14-8-10-28(11-9-14)23(31)26-15-6-4-3-5-7-15/h3-7,12-14,22H,8-11H2,1-2H3,(H,26,31)(H,27,29). The number of hydrogen-bond acceptors (Lipinski definition) is 6. The third kappa shape index (κ3) is 6.12. The molecular formula is C23H25F2N3O6. The van der Waals surface area contributed by atoms with Gasteiger partial charge in [-0.25, -0.2) is 9.59 Å². The fraction of sp³-hybridized carbons (Fsp3) is 0.348. The third-order valence-electron chi connectivity index (χ3n) is 5.36. The van der Waals surface area contributed by atoms with Crippen LogP contribution in [0.15, 0.2) is 42.5 Å². The number of methoxy groups -OCH3 is 2. The van der Waals surface area contributed by atoms with E-state index in [4.69, 9.17) is 9.47 Å². The van der Waals surface area contributed by atoms with Crippen molar-refractivity contribution in [1.82, 2.24) is 4.90 Å². The van der Waals surface area contributed by atoms with Crippen LogP contribution < -0.4 is 20.1 Å². The number of carbonyl (C=O) groups is 3. The smallest absolute Gasteiger partial charge is 0.387 e. The number of alkyl halides is 2. The average molecular weight is 477 g/mol. The Labute approximate surface area is 195 Å². The molecule has 0 unspecified atom stereocenters. The number of ether oxygens (including phenoxy) is 3. The molecule has 2 aromatic rings. The molecule has 1 heterocycles. The van der Waals surface area contributed by atoms with Gasteiger partial charge in [-0.3, -0.25) is 4.79 Å². The number of rotatable bonds is 7. The van der Waals surface area contributed by atoms with Gasteiger partial charge >= 0.3 is 18.6 Å². The molecule has 182 valence electrons. The number of halogens is 2. The van der Waals surface area contributed by atoms with Crippen molar-refractivity contribution in [1.29, 1.82) is 0 Å². The highest BCUT2D eigenvalue weighted by Gasteiger charge is 2.29. The number of urea groups is 1. The second kappa shape index (κ2) is 11.3. The maximum Gasteiger partial charge on any atom is 0.387 e. The Bertz CT molecular complexity index is 1030. The molecule has 34 heavy (non-hydrogen) atoms. The molecule has 0 bridgehead atoms. The summed E-state index contributed by atoms with van der Waals surface area (Å²) in [6, 6.07) is 11.0. The van der Waals surface area contributed by atoms with Crippen molar-refractivity contribution in [3.05, 3.63) is 48.0 Å². The van der Waals surface area contributed by atoms with E-state index in [9.17, 15) is 23.2 Å². The molecule has 0 aliphatic carbocycles. The third-order valence-corrected chi connectivity index (χ3v) is 5.36. The quantitative estimate of drug-likeness (QED) is 0.585. The molecule has 3 rings (SSSR count). The van der Waals surface area contributed by atoms with Crippen molar-refractivity contribution < 1.29 is 37.4 Å². The highest BCUT2D eigenvalue weighted by Crippen LogP contribution is 2.35. The number of esters is 1. The predicted molar refractivity (Wildman–Crippen MR) is 119 cm³/mol. The summed E-state index contributed by atoms with van der Waals surface area (Å²) in [5.74, 6) is -2.11. The molecule has 0 aromatic heterocycles. The van der Waals surface area contributed by atoms with E-state index >= 15 is 0 Å². The van der Waals surface area contributed by atoms with Crippen molar-refractivity contribution in [3.8, 4) is 11.5 Å². The first-order valence-corrected chi connectivity index (χ1v) is 10.5. The summed E-state index contributed by atoms with van der Waals surface area (Å²) in [5.41, 5.74) is 0.551. The minimum Gasteiger partial charge on any atom is -0.493 e. The maximum absolute atomic E-state index is 12.9. The van der Waals surface area contributed by atoms with Gasteiger partial charge in [-0.05, 0) is 25.0 Å². The number of nitrogens with one attached hydrogen (secondary N) is 2. The van der Waals surface area contributed by atoms with Crippen LogP contribution >= 0.6 is 0 Å². The Morgan fingerprint density at radius 3 is 2.26 bits per heavy atom. The van der Waals surface area contributed by atoms with Gasteiger partial charge in [0.25, 0.3) is 0 Å². The molecule has 9 nitrogen and oxygen atoms in total. The Morgan fingerprint density at radius 1 is 1.00 bits per heavy atom. The lowest BCUT2D eigenvalue weighted by Gasteiger charge is -2.31. The summed E-state index contributed by atoms with van der Waals surface area (Å²) in [6.45, 7) is -2.43. The van der Waals surface area contributed by atoms with Crippen LogP contribution in [0.5, 0.6) is 11.5 Å². The predicted octanol–water partition coefficient (Wildman–Crippen LogP) is 3.97. The fourth-order valence-corrected chi connectivity index (χ4v) is 3.59. The van der Waals surface area contributed by atoms with Gasteiger partial charge in [-0.15, -0.1) is 0 Å². The lowest BCUT2D eigenvalue weighted by atomic mass is 9.95. The lowest BCUT2D eigenvalue weighted by Crippen LogP contribution is -2.43. The van der Waals surface area contributed by atoms with Crippen LogP contribution in [0.2, 0.25) is 0 Å². The Kier molecular flexibility index (Phi) is 8.23. The van der Waals surface area contributed by atoms with Crippen LogP contribution in [0.4, 0.5) is 25.0 Å². The van der Waals surface area contributed by atoms with E-state index in [1.54, 1.807) is 17.0 Å². The molecule has 0 saturated carbocycles. The number of carbonyl (C=O) groups excluding carboxylic acids is 3. The van der Waals surface area contributed by atoms with E-state index in [2.05, 4.69) is 15.4 Å². The number of piperidine rings is 1. The second-order valence-corrected chi connectivity index (χ2v) is 7.47. The first kappa shape index (κ1) is 24.7. The number of benzene rings is 2. The molecule has 11 heteroatoms. The SMILES string of the molecule is COC(=O)c1cc(OC)c(OC(F)F)cc1NC(=O)C1CCN(C(=O)Nc2ccccc2)CC1. The van der Waals surface area contributed by atoms with Gasteiger partial charge in [0, 0.05) is 36.8 Å². The van der Waals surface area contributed by atoms with E-state index in [1.165, 1.54) is 7.11 Å². The van der Waals surface area contributed by atoms with Crippen LogP contribution in [0.1, 0.15) is 23.2 Å². The number of likely N-dealkylation sites (tertiary alicyclic amines) is 1. The zero-order valence-electron chi connectivity index (χ0n) is 18.7. The van der Waals surface area contributed by atoms with Crippen LogP contribution in [0.25, 0.3) is 0 Å². The van der Waals surface area contributed by atoms with E-state index in [0.717, 1.165) is 19.2 Å².